The smallest absolute Gasteiger partial charge is 0.339 e. The zero-order valence-electron chi connectivity index (χ0n) is 16.1. The van der Waals surface area contributed by atoms with E-state index in [0.717, 1.165) is 44.5 Å². The maximum atomic E-state index is 13.4. The van der Waals surface area contributed by atoms with Crippen LogP contribution in [0.2, 0.25) is 0 Å². The second kappa shape index (κ2) is 8.14. The first kappa shape index (κ1) is 21.9. The van der Waals surface area contributed by atoms with Gasteiger partial charge < -0.3 is 15.1 Å². The molecule has 3 fully saturated rings. The number of hydrogen-bond donors (Lipinski definition) is 1. The Labute approximate surface area is 174 Å². The molecule has 1 spiro atoms. The summed E-state index contributed by atoms with van der Waals surface area (Å²) in [6, 6.07) is 3.31. The number of benzene rings is 1. The Morgan fingerprint density at radius 1 is 1.07 bits per heavy atom. The number of likely N-dealkylation sites (tertiary alicyclic amines) is 1. The highest BCUT2D eigenvalue weighted by Crippen LogP contribution is 2.38. The van der Waals surface area contributed by atoms with Crippen molar-refractivity contribution in [3.63, 3.8) is 0 Å². The third-order valence-electron chi connectivity index (χ3n) is 6.32. The van der Waals surface area contributed by atoms with Crippen LogP contribution in [-0.2, 0) is 11.0 Å². The standard InChI is InChI=1S/C20H24F3N3O2.ClH/c21-20(22,23)15-10-14(11-16(12-15)26-7-1-2-17(26)27)18(28)25-8-4-19(5-9-25)3-6-24-13-19;/h10-12,24H,1-9,13H2;1H. The third-order valence-corrected chi connectivity index (χ3v) is 6.32. The van der Waals surface area contributed by atoms with E-state index in [-0.39, 0.29) is 40.9 Å². The van der Waals surface area contributed by atoms with Crippen molar-refractivity contribution >= 4 is 29.9 Å². The summed E-state index contributed by atoms with van der Waals surface area (Å²) in [5.41, 5.74) is -0.502. The number of alkyl halides is 3. The van der Waals surface area contributed by atoms with Gasteiger partial charge in [-0.1, -0.05) is 0 Å². The van der Waals surface area contributed by atoms with Crippen molar-refractivity contribution in [2.24, 2.45) is 5.41 Å². The molecule has 1 N–H and O–H groups in total. The van der Waals surface area contributed by atoms with Gasteiger partial charge in [-0.2, -0.15) is 13.2 Å². The highest BCUT2D eigenvalue weighted by molar-refractivity contribution is 5.99. The molecule has 3 saturated heterocycles. The van der Waals surface area contributed by atoms with E-state index in [1.807, 2.05) is 0 Å². The molecule has 0 radical (unpaired) electrons. The predicted octanol–water partition coefficient (Wildman–Crippen LogP) is 3.47. The SMILES string of the molecule is Cl.O=C(c1cc(N2CCCC2=O)cc(C(F)(F)F)c1)N1CCC2(CCNC2)CC1. The Bertz CT molecular complexity index is 784. The minimum atomic E-state index is -4.57. The fourth-order valence-corrected chi connectivity index (χ4v) is 4.56. The summed E-state index contributed by atoms with van der Waals surface area (Å²) in [6.07, 6.45) is -0.832. The Hall–Kier alpha value is -1.80. The number of rotatable bonds is 2. The number of amides is 2. The van der Waals surface area contributed by atoms with E-state index in [4.69, 9.17) is 0 Å². The molecule has 0 saturated carbocycles. The first-order chi connectivity index (χ1) is 13.3. The highest BCUT2D eigenvalue weighted by atomic mass is 35.5. The van der Waals surface area contributed by atoms with E-state index in [9.17, 15) is 22.8 Å². The van der Waals surface area contributed by atoms with Crippen LogP contribution in [0.1, 0.15) is 48.0 Å². The first-order valence-corrected chi connectivity index (χ1v) is 9.80. The Balaban J connectivity index is 0.00000240. The van der Waals surface area contributed by atoms with Crippen LogP contribution >= 0.6 is 12.4 Å². The summed E-state index contributed by atoms with van der Waals surface area (Å²) in [5.74, 6) is -0.592. The van der Waals surface area contributed by atoms with Crippen LogP contribution < -0.4 is 10.2 Å². The average molecular weight is 432 g/mol. The maximum absolute atomic E-state index is 13.4. The van der Waals surface area contributed by atoms with Crippen molar-refractivity contribution in [2.45, 2.75) is 38.3 Å². The molecule has 0 atom stereocenters. The van der Waals surface area contributed by atoms with E-state index in [2.05, 4.69) is 5.32 Å². The maximum Gasteiger partial charge on any atom is 0.416 e. The van der Waals surface area contributed by atoms with Crippen LogP contribution in [0.4, 0.5) is 18.9 Å². The van der Waals surface area contributed by atoms with Crippen LogP contribution in [-0.4, -0.2) is 49.4 Å². The van der Waals surface area contributed by atoms with Gasteiger partial charge in [-0.15, -0.1) is 12.4 Å². The lowest BCUT2D eigenvalue weighted by Crippen LogP contribution is -2.44. The zero-order valence-corrected chi connectivity index (χ0v) is 16.9. The van der Waals surface area contributed by atoms with Gasteiger partial charge in [0, 0.05) is 43.9 Å². The molecule has 0 aromatic heterocycles. The zero-order chi connectivity index (χ0) is 19.9. The van der Waals surface area contributed by atoms with E-state index in [0.29, 0.717) is 32.5 Å². The van der Waals surface area contributed by atoms with Gasteiger partial charge >= 0.3 is 6.18 Å². The van der Waals surface area contributed by atoms with Crippen LogP contribution in [0.3, 0.4) is 0 Å². The quantitative estimate of drug-likeness (QED) is 0.780. The topological polar surface area (TPSA) is 52.7 Å². The molecule has 3 aliphatic heterocycles. The number of piperidine rings is 1. The molecule has 5 nitrogen and oxygen atoms in total. The molecule has 0 bridgehead atoms. The molecule has 3 heterocycles. The molecular formula is C20H25ClF3N3O2. The molecule has 160 valence electrons. The van der Waals surface area contributed by atoms with Crippen LogP contribution in [0.25, 0.3) is 0 Å². The molecule has 9 heteroatoms. The molecule has 1 aromatic carbocycles. The van der Waals surface area contributed by atoms with E-state index in [1.54, 1.807) is 4.90 Å². The van der Waals surface area contributed by atoms with E-state index in [1.165, 1.54) is 11.0 Å². The number of nitrogens with one attached hydrogen (secondary N) is 1. The molecule has 3 aliphatic rings. The number of hydrogen-bond acceptors (Lipinski definition) is 3. The lowest BCUT2D eigenvalue weighted by molar-refractivity contribution is -0.137. The molecule has 4 rings (SSSR count). The van der Waals surface area contributed by atoms with Crippen molar-refractivity contribution in [3.8, 4) is 0 Å². The minimum Gasteiger partial charge on any atom is -0.339 e. The monoisotopic (exact) mass is 431 g/mol. The number of carbonyl (C=O) groups excluding carboxylic acids is 2. The van der Waals surface area contributed by atoms with Gasteiger partial charge in [-0.05, 0) is 55.8 Å². The van der Waals surface area contributed by atoms with Gasteiger partial charge in [-0.3, -0.25) is 9.59 Å². The normalized spacial score (nSPS) is 21.6. The van der Waals surface area contributed by atoms with Gasteiger partial charge in [0.05, 0.1) is 5.56 Å². The Morgan fingerprint density at radius 3 is 2.34 bits per heavy atom. The number of nitrogens with zero attached hydrogens (tertiary/aromatic N) is 2. The molecule has 2 amide bonds. The lowest BCUT2D eigenvalue weighted by Gasteiger charge is -2.39. The minimum absolute atomic E-state index is 0. The van der Waals surface area contributed by atoms with Crippen LogP contribution in [0.5, 0.6) is 0 Å². The van der Waals surface area contributed by atoms with Crippen molar-refractivity contribution < 1.29 is 22.8 Å². The molecule has 0 aliphatic carbocycles. The second-order valence-electron chi connectivity index (χ2n) is 8.13. The number of carbonyl (C=O) groups is 2. The fourth-order valence-electron chi connectivity index (χ4n) is 4.56. The summed E-state index contributed by atoms with van der Waals surface area (Å²) in [6.45, 7) is 3.41. The van der Waals surface area contributed by atoms with E-state index >= 15 is 0 Å². The van der Waals surface area contributed by atoms with E-state index < -0.39 is 11.7 Å². The first-order valence-electron chi connectivity index (χ1n) is 9.80. The van der Waals surface area contributed by atoms with Gasteiger partial charge in [-0.25, -0.2) is 0 Å². The highest BCUT2D eigenvalue weighted by Gasteiger charge is 2.39. The van der Waals surface area contributed by atoms with Crippen molar-refractivity contribution in [1.82, 2.24) is 10.2 Å². The second-order valence-corrected chi connectivity index (χ2v) is 8.13. The number of anilines is 1. The van der Waals surface area contributed by atoms with Gasteiger partial charge in [0.1, 0.15) is 0 Å². The van der Waals surface area contributed by atoms with Gasteiger partial charge in [0.25, 0.3) is 5.91 Å². The summed E-state index contributed by atoms with van der Waals surface area (Å²) in [7, 11) is 0. The number of halogens is 4. The van der Waals surface area contributed by atoms with Gasteiger partial charge in [0.15, 0.2) is 0 Å². The molecule has 0 unspecified atom stereocenters. The molecule has 1 aromatic rings. The molecule has 29 heavy (non-hydrogen) atoms. The fraction of sp³-hybridized carbons (Fsp3) is 0.600. The van der Waals surface area contributed by atoms with Crippen molar-refractivity contribution in [3.05, 3.63) is 29.3 Å². The average Bonchev–Trinajstić information content (AvgIpc) is 3.30. The summed E-state index contributed by atoms with van der Waals surface area (Å²) < 4.78 is 40.2. The summed E-state index contributed by atoms with van der Waals surface area (Å²) in [4.78, 5) is 28.0. The van der Waals surface area contributed by atoms with Crippen LogP contribution in [0.15, 0.2) is 18.2 Å². The summed E-state index contributed by atoms with van der Waals surface area (Å²) >= 11 is 0. The lowest BCUT2D eigenvalue weighted by atomic mass is 9.78. The molecular weight excluding hydrogens is 407 g/mol. The van der Waals surface area contributed by atoms with Crippen molar-refractivity contribution in [2.75, 3.05) is 37.6 Å². The Kier molecular flexibility index (Phi) is 6.15. The Morgan fingerprint density at radius 2 is 1.79 bits per heavy atom. The predicted molar refractivity (Wildman–Crippen MR) is 105 cm³/mol. The van der Waals surface area contributed by atoms with Crippen LogP contribution in [0, 0.1) is 5.41 Å². The largest absolute Gasteiger partial charge is 0.416 e. The van der Waals surface area contributed by atoms with Gasteiger partial charge in [0.2, 0.25) is 5.91 Å². The third kappa shape index (κ3) is 4.38. The summed E-state index contributed by atoms with van der Waals surface area (Å²) in [5, 5.41) is 3.36. The van der Waals surface area contributed by atoms with Crippen molar-refractivity contribution in [1.29, 1.82) is 0 Å².